The summed E-state index contributed by atoms with van der Waals surface area (Å²) in [5.41, 5.74) is 3.33. The van der Waals surface area contributed by atoms with E-state index in [1.165, 1.54) is 18.7 Å². The maximum Gasteiger partial charge on any atom is 0.307 e. The van der Waals surface area contributed by atoms with Crippen molar-refractivity contribution < 1.29 is 9.21 Å². The van der Waals surface area contributed by atoms with E-state index in [1.807, 2.05) is 61.5 Å². The van der Waals surface area contributed by atoms with E-state index in [2.05, 4.69) is 20.4 Å². The molecule has 0 saturated heterocycles. The highest BCUT2D eigenvalue weighted by molar-refractivity contribution is 5.90. The van der Waals surface area contributed by atoms with Crippen LogP contribution >= 0.6 is 0 Å². The van der Waals surface area contributed by atoms with Gasteiger partial charge in [-0.05, 0) is 18.1 Å². The topological polar surface area (TPSA) is 108 Å². The summed E-state index contributed by atoms with van der Waals surface area (Å²) >= 11 is 0. The average molecular weight is 454 g/mol. The number of hydrogen-bond donors (Lipinski definition) is 1. The number of amides is 1. The van der Waals surface area contributed by atoms with Gasteiger partial charge in [-0.3, -0.25) is 14.2 Å². The van der Waals surface area contributed by atoms with Gasteiger partial charge < -0.3 is 9.73 Å². The Morgan fingerprint density at radius 1 is 1.03 bits per heavy atom. The number of aromatic nitrogens is 5. The first kappa shape index (κ1) is 21.3. The van der Waals surface area contributed by atoms with E-state index in [9.17, 15) is 9.59 Å². The first-order valence-corrected chi connectivity index (χ1v) is 10.8. The van der Waals surface area contributed by atoms with Gasteiger partial charge in [0.1, 0.15) is 11.7 Å². The Bertz CT molecular complexity index is 1520. The zero-order chi connectivity index (χ0) is 23.5. The first-order valence-electron chi connectivity index (χ1n) is 10.8. The van der Waals surface area contributed by atoms with Crippen molar-refractivity contribution in [1.29, 1.82) is 0 Å². The Kier molecular flexibility index (Phi) is 5.73. The van der Waals surface area contributed by atoms with E-state index in [0.29, 0.717) is 29.9 Å². The number of aryl methyl sites for hydroxylation is 1. The van der Waals surface area contributed by atoms with Gasteiger partial charge in [-0.2, -0.15) is 5.10 Å². The van der Waals surface area contributed by atoms with Crippen molar-refractivity contribution >= 4 is 16.9 Å². The van der Waals surface area contributed by atoms with Crippen LogP contribution in [-0.2, 0) is 13.1 Å². The fourth-order valence-corrected chi connectivity index (χ4v) is 3.71. The van der Waals surface area contributed by atoms with Gasteiger partial charge >= 0.3 is 5.91 Å². The van der Waals surface area contributed by atoms with Crippen LogP contribution in [0.25, 0.3) is 22.4 Å². The van der Waals surface area contributed by atoms with Crippen LogP contribution in [0.15, 0.2) is 82.5 Å². The minimum Gasteiger partial charge on any atom is -0.432 e. The largest absolute Gasteiger partial charge is 0.432 e. The molecule has 0 fully saturated rings. The van der Waals surface area contributed by atoms with Crippen molar-refractivity contribution in [2.24, 2.45) is 0 Å². The molecule has 1 amide bonds. The Hall–Kier alpha value is -4.53. The zero-order valence-corrected chi connectivity index (χ0v) is 18.5. The number of nitrogens with one attached hydrogen (secondary N) is 1. The zero-order valence-electron chi connectivity index (χ0n) is 18.5. The first-order chi connectivity index (χ1) is 16.6. The minimum absolute atomic E-state index is 0.0126. The lowest BCUT2D eigenvalue weighted by atomic mass is 10.1. The van der Waals surface area contributed by atoms with Crippen LogP contribution in [0.5, 0.6) is 0 Å². The summed E-state index contributed by atoms with van der Waals surface area (Å²) in [6.45, 7) is 3.07. The molecule has 170 valence electrons. The molecule has 0 atom stereocenters. The Morgan fingerprint density at radius 2 is 1.82 bits per heavy atom. The summed E-state index contributed by atoms with van der Waals surface area (Å²) in [6.07, 6.45) is 4.57. The number of hydrogen-bond acceptors (Lipinski definition) is 6. The summed E-state index contributed by atoms with van der Waals surface area (Å²) in [5.74, 6) is 0.0866. The number of carbonyl (C=O) groups excluding carboxylic acids is 1. The summed E-state index contributed by atoms with van der Waals surface area (Å²) in [5, 5.41) is 7.48. The number of nitrogens with zero attached hydrogens (tertiary/aromatic N) is 5. The molecule has 34 heavy (non-hydrogen) atoms. The van der Waals surface area contributed by atoms with Crippen LogP contribution in [0.4, 0.5) is 0 Å². The lowest BCUT2D eigenvalue weighted by Gasteiger charge is -2.09. The van der Waals surface area contributed by atoms with Gasteiger partial charge in [-0.25, -0.2) is 14.6 Å². The molecule has 3 heterocycles. The quantitative estimate of drug-likeness (QED) is 0.405. The molecule has 0 unspecified atom stereocenters. The molecule has 0 radical (unpaired) electrons. The number of oxazole rings is 1. The van der Waals surface area contributed by atoms with Crippen LogP contribution in [-0.4, -0.2) is 36.8 Å². The van der Waals surface area contributed by atoms with Crippen molar-refractivity contribution in [3.05, 3.63) is 101 Å². The monoisotopic (exact) mass is 454 g/mol. The van der Waals surface area contributed by atoms with Gasteiger partial charge in [0.05, 0.1) is 25.5 Å². The molecule has 9 nitrogen and oxygen atoms in total. The van der Waals surface area contributed by atoms with Crippen LogP contribution in [0, 0.1) is 6.92 Å². The number of rotatable bonds is 7. The molecule has 0 aliphatic carbocycles. The molecule has 0 aliphatic heterocycles. The predicted molar refractivity (Wildman–Crippen MR) is 126 cm³/mol. The van der Waals surface area contributed by atoms with E-state index in [4.69, 9.17) is 4.42 Å². The molecule has 5 aromatic rings. The van der Waals surface area contributed by atoms with Crippen LogP contribution in [0.1, 0.15) is 21.8 Å². The molecule has 0 saturated carbocycles. The molecule has 5 rings (SSSR count). The molecule has 0 spiro atoms. The maximum absolute atomic E-state index is 12.9. The van der Waals surface area contributed by atoms with Gasteiger partial charge in [0, 0.05) is 12.1 Å². The maximum atomic E-state index is 12.9. The highest BCUT2D eigenvalue weighted by Crippen LogP contribution is 2.19. The number of fused-ring (bicyclic) bond motifs is 1. The summed E-state index contributed by atoms with van der Waals surface area (Å²) in [4.78, 5) is 33.8. The smallest absolute Gasteiger partial charge is 0.307 e. The highest BCUT2D eigenvalue weighted by atomic mass is 16.4. The molecule has 0 aliphatic rings. The van der Waals surface area contributed by atoms with E-state index < -0.39 is 5.91 Å². The third-order valence-electron chi connectivity index (χ3n) is 5.59. The predicted octanol–water partition coefficient (Wildman–Crippen LogP) is 3.03. The van der Waals surface area contributed by atoms with E-state index in [1.54, 1.807) is 9.25 Å². The van der Waals surface area contributed by atoms with Crippen LogP contribution in [0.3, 0.4) is 0 Å². The Morgan fingerprint density at radius 3 is 2.65 bits per heavy atom. The second kappa shape index (κ2) is 9.14. The fourth-order valence-electron chi connectivity index (χ4n) is 3.71. The third-order valence-corrected chi connectivity index (χ3v) is 5.59. The van der Waals surface area contributed by atoms with Crippen molar-refractivity contribution in [2.45, 2.75) is 20.0 Å². The van der Waals surface area contributed by atoms with Crippen molar-refractivity contribution in [3.63, 3.8) is 0 Å². The molecular weight excluding hydrogens is 432 g/mol. The average Bonchev–Trinajstić information content (AvgIpc) is 3.51. The molecule has 0 bridgehead atoms. The van der Waals surface area contributed by atoms with Gasteiger partial charge in [0.2, 0.25) is 0 Å². The Labute approximate surface area is 194 Å². The molecular formula is C25H22N6O3. The second-order valence-corrected chi connectivity index (χ2v) is 7.86. The normalized spacial score (nSPS) is 11.1. The molecule has 1 N–H and O–H groups in total. The Balaban J connectivity index is 1.25. The molecule has 2 aromatic carbocycles. The molecule has 3 aromatic heterocycles. The van der Waals surface area contributed by atoms with Crippen molar-refractivity contribution in [2.75, 3.05) is 6.54 Å². The van der Waals surface area contributed by atoms with E-state index in [-0.39, 0.29) is 18.0 Å². The summed E-state index contributed by atoms with van der Waals surface area (Å²) in [6, 6.07) is 17.4. The lowest BCUT2D eigenvalue weighted by molar-refractivity contribution is 0.0918. The highest BCUT2D eigenvalue weighted by Gasteiger charge is 2.15. The molecule has 9 heteroatoms. The van der Waals surface area contributed by atoms with E-state index >= 15 is 0 Å². The van der Waals surface area contributed by atoms with Gasteiger partial charge in [-0.15, -0.1) is 0 Å². The number of carbonyl (C=O) groups is 1. The van der Waals surface area contributed by atoms with Gasteiger partial charge in [0.25, 0.3) is 11.4 Å². The SMILES string of the molecule is Cc1ccccc1Cn1cnc2c(cnn2CCNC(=O)c2ncc(-c3ccccc3)o2)c1=O. The number of benzene rings is 2. The van der Waals surface area contributed by atoms with Gasteiger partial charge in [0.15, 0.2) is 11.4 Å². The third kappa shape index (κ3) is 4.23. The van der Waals surface area contributed by atoms with Gasteiger partial charge in [-0.1, -0.05) is 54.6 Å². The van der Waals surface area contributed by atoms with Crippen LogP contribution < -0.4 is 10.9 Å². The van der Waals surface area contributed by atoms with Crippen molar-refractivity contribution in [3.8, 4) is 11.3 Å². The summed E-state index contributed by atoms with van der Waals surface area (Å²) < 4.78 is 8.75. The second-order valence-electron chi connectivity index (χ2n) is 7.86. The fraction of sp³-hybridized carbons (Fsp3) is 0.160. The standard InChI is InChI=1S/C25H22N6O3/c1-17-7-5-6-10-19(17)15-30-16-28-22-20(25(30)33)13-29-31(22)12-11-26-23(32)24-27-14-21(34-24)18-8-3-2-4-9-18/h2-10,13-14,16H,11-12,15H2,1H3,(H,26,32). The van der Waals surface area contributed by atoms with Crippen molar-refractivity contribution in [1.82, 2.24) is 29.6 Å². The minimum atomic E-state index is -0.424. The van der Waals surface area contributed by atoms with E-state index in [0.717, 1.165) is 16.7 Å². The lowest BCUT2D eigenvalue weighted by Crippen LogP contribution is -2.28. The summed E-state index contributed by atoms with van der Waals surface area (Å²) in [7, 11) is 0. The van der Waals surface area contributed by atoms with Crippen LogP contribution in [0.2, 0.25) is 0 Å².